The van der Waals surface area contributed by atoms with Gasteiger partial charge in [0.1, 0.15) is 12.4 Å². The maximum absolute atomic E-state index is 12.5. The number of benzene rings is 2. The van der Waals surface area contributed by atoms with E-state index in [1.165, 1.54) is 5.56 Å². The van der Waals surface area contributed by atoms with Gasteiger partial charge in [-0.25, -0.2) is 0 Å². The van der Waals surface area contributed by atoms with Gasteiger partial charge in [0, 0.05) is 28.1 Å². The summed E-state index contributed by atoms with van der Waals surface area (Å²) in [6, 6.07) is 13.8. The zero-order valence-electron chi connectivity index (χ0n) is 18.6. The van der Waals surface area contributed by atoms with Crippen LogP contribution in [0.2, 0.25) is 10.0 Å². The number of ether oxygens (including phenoxy) is 1. The van der Waals surface area contributed by atoms with Gasteiger partial charge in [0.2, 0.25) is 5.91 Å². The first kappa shape index (κ1) is 23.9. The van der Waals surface area contributed by atoms with Crippen molar-refractivity contribution in [3.63, 3.8) is 0 Å². The van der Waals surface area contributed by atoms with Gasteiger partial charge < -0.3 is 10.1 Å². The van der Waals surface area contributed by atoms with E-state index in [9.17, 15) is 4.79 Å². The van der Waals surface area contributed by atoms with Gasteiger partial charge in [0.15, 0.2) is 0 Å². The number of carbonyl (C=O) groups is 1. The Balaban J connectivity index is 1.36. The Morgan fingerprint density at radius 2 is 1.68 bits per heavy atom. The first-order valence-corrected chi connectivity index (χ1v) is 11.7. The molecule has 6 heteroatoms. The van der Waals surface area contributed by atoms with E-state index in [4.69, 9.17) is 27.9 Å². The van der Waals surface area contributed by atoms with E-state index in [0.717, 1.165) is 37.2 Å². The fourth-order valence-electron chi connectivity index (χ4n) is 3.80. The summed E-state index contributed by atoms with van der Waals surface area (Å²) in [4.78, 5) is 14.8. The molecule has 31 heavy (non-hydrogen) atoms. The third kappa shape index (κ3) is 6.86. The van der Waals surface area contributed by atoms with Crippen LogP contribution in [0.3, 0.4) is 0 Å². The minimum Gasteiger partial charge on any atom is -0.492 e. The van der Waals surface area contributed by atoms with Crippen LogP contribution >= 0.6 is 23.2 Å². The SMILES string of the molecule is CC(C)(C)c1ccc(OCCNC(=O)C2CCN(Cc3c(Cl)cccc3Cl)CC2)cc1. The maximum atomic E-state index is 12.5. The molecule has 1 fully saturated rings. The molecule has 0 atom stereocenters. The molecule has 3 rings (SSSR count). The van der Waals surface area contributed by atoms with E-state index in [2.05, 4.69) is 43.1 Å². The zero-order chi connectivity index (χ0) is 22.4. The number of piperidine rings is 1. The van der Waals surface area contributed by atoms with Gasteiger partial charge in [-0.3, -0.25) is 9.69 Å². The summed E-state index contributed by atoms with van der Waals surface area (Å²) in [5.41, 5.74) is 2.36. The summed E-state index contributed by atoms with van der Waals surface area (Å²) in [5.74, 6) is 0.986. The number of halogens is 2. The number of hydrogen-bond donors (Lipinski definition) is 1. The Morgan fingerprint density at radius 3 is 2.26 bits per heavy atom. The molecule has 1 aliphatic rings. The molecule has 0 radical (unpaired) electrons. The summed E-state index contributed by atoms with van der Waals surface area (Å²) >= 11 is 12.6. The van der Waals surface area contributed by atoms with Gasteiger partial charge in [0.25, 0.3) is 0 Å². The van der Waals surface area contributed by atoms with Crippen LogP contribution in [0.1, 0.15) is 44.7 Å². The molecule has 0 spiro atoms. The predicted octanol–water partition coefficient (Wildman–Crippen LogP) is 5.70. The van der Waals surface area contributed by atoms with Gasteiger partial charge in [-0.05, 0) is 61.2 Å². The Morgan fingerprint density at radius 1 is 1.06 bits per heavy atom. The van der Waals surface area contributed by atoms with Crippen LogP contribution in [-0.2, 0) is 16.8 Å². The lowest BCUT2D eigenvalue weighted by Crippen LogP contribution is -2.41. The normalized spacial score (nSPS) is 15.6. The number of nitrogens with one attached hydrogen (secondary N) is 1. The average Bonchev–Trinajstić information content (AvgIpc) is 2.74. The second-order valence-electron chi connectivity index (χ2n) is 9.16. The summed E-state index contributed by atoms with van der Waals surface area (Å²) in [7, 11) is 0. The van der Waals surface area contributed by atoms with Crippen LogP contribution in [0.5, 0.6) is 5.75 Å². The smallest absolute Gasteiger partial charge is 0.223 e. The molecule has 2 aromatic rings. The van der Waals surface area contributed by atoms with Crippen molar-refractivity contribution in [2.24, 2.45) is 5.92 Å². The Hall–Kier alpha value is -1.75. The highest BCUT2D eigenvalue weighted by molar-refractivity contribution is 6.35. The third-order valence-corrected chi connectivity index (χ3v) is 6.50. The van der Waals surface area contributed by atoms with Crippen molar-refractivity contribution in [1.29, 1.82) is 0 Å². The molecule has 0 bridgehead atoms. The fraction of sp³-hybridized carbons (Fsp3) is 0.480. The van der Waals surface area contributed by atoms with Crippen LogP contribution in [0.25, 0.3) is 0 Å². The van der Waals surface area contributed by atoms with Crippen molar-refractivity contribution in [3.8, 4) is 5.75 Å². The zero-order valence-corrected chi connectivity index (χ0v) is 20.1. The van der Waals surface area contributed by atoms with Crippen molar-refractivity contribution in [3.05, 3.63) is 63.6 Å². The number of amides is 1. The molecule has 2 aromatic carbocycles. The molecule has 168 valence electrons. The summed E-state index contributed by atoms with van der Waals surface area (Å²) in [6.07, 6.45) is 1.67. The van der Waals surface area contributed by atoms with Gasteiger partial charge in [-0.15, -0.1) is 0 Å². The van der Waals surface area contributed by atoms with Crippen molar-refractivity contribution < 1.29 is 9.53 Å². The highest BCUT2D eigenvalue weighted by Gasteiger charge is 2.25. The quantitative estimate of drug-likeness (QED) is 0.536. The molecule has 1 aliphatic heterocycles. The molecule has 1 N–H and O–H groups in total. The number of hydrogen-bond acceptors (Lipinski definition) is 3. The van der Waals surface area contributed by atoms with E-state index < -0.39 is 0 Å². The first-order chi connectivity index (χ1) is 14.7. The Kier molecular flexibility index (Phi) is 8.26. The monoisotopic (exact) mass is 462 g/mol. The second kappa shape index (κ2) is 10.7. The van der Waals surface area contributed by atoms with Gasteiger partial charge in [-0.2, -0.15) is 0 Å². The Bertz CT molecular complexity index is 850. The molecular formula is C25H32Cl2N2O2. The average molecular weight is 463 g/mol. The molecule has 1 amide bonds. The highest BCUT2D eigenvalue weighted by Crippen LogP contribution is 2.28. The summed E-state index contributed by atoms with van der Waals surface area (Å²) in [6.45, 7) is 9.97. The third-order valence-electron chi connectivity index (χ3n) is 5.79. The van der Waals surface area contributed by atoms with Crippen molar-refractivity contribution >= 4 is 29.1 Å². The van der Waals surface area contributed by atoms with Crippen molar-refractivity contribution in [1.82, 2.24) is 10.2 Å². The predicted molar refractivity (Wildman–Crippen MR) is 128 cm³/mol. The highest BCUT2D eigenvalue weighted by atomic mass is 35.5. The summed E-state index contributed by atoms with van der Waals surface area (Å²) in [5, 5.41) is 4.41. The van der Waals surface area contributed by atoms with E-state index in [0.29, 0.717) is 29.7 Å². The molecule has 1 saturated heterocycles. The Labute approximate surface area is 195 Å². The van der Waals surface area contributed by atoms with Crippen LogP contribution < -0.4 is 10.1 Å². The molecular weight excluding hydrogens is 431 g/mol. The molecule has 0 unspecified atom stereocenters. The second-order valence-corrected chi connectivity index (χ2v) is 9.98. The number of rotatable bonds is 7. The molecule has 0 saturated carbocycles. The van der Waals surface area contributed by atoms with Gasteiger partial charge in [0.05, 0.1) is 6.54 Å². The first-order valence-electron chi connectivity index (χ1n) is 10.9. The molecule has 0 aliphatic carbocycles. The summed E-state index contributed by atoms with van der Waals surface area (Å²) < 4.78 is 5.77. The van der Waals surface area contributed by atoms with Crippen LogP contribution in [0, 0.1) is 5.92 Å². The lowest BCUT2D eigenvalue weighted by atomic mass is 9.87. The minimum atomic E-state index is 0.0454. The largest absolute Gasteiger partial charge is 0.492 e. The molecule has 0 aromatic heterocycles. The van der Waals surface area contributed by atoms with E-state index >= 15 is 0 Å². The van der Waals surface area contributed by atoms with Gasteiger partial charge >= 0.3 is 0 Å². The number of carbonyl (C=O) groups excluding carboxylic acids is 1. The molecule has 4 nitrogen and oxygen atoms in total. The molecule has 1 heterocycles. The lowest BCUT2D eigenvalue weighted by molar-refractivity contribution is -0.126. The lowest BCUT2D eigenvalue weighted by Gasteiger charge is -2.31. The van der Waals surface area contributed by atoms with Crippen LogP contribution in [0.4, 0.5) is 0 Å². The maximum Gasteiger partial charge on any atom is 0.223 e. The van der Waals surface area contributed by atoms with E-state index in [1.54, 1.807) is 0 Å². The topological polar surface area (TPSA) is 41.6 Å². The number of nitrogens with zero attached hydrogens (tertiary/aromatic N) is 1. The van der Waals surface area contributed by atoms with Crippen LogP contribution in [0.15, 0.2) is 42.5 Å². The minimum absolute atomic E-state index is 0.0454. The standard InChI is InChI=1S/C25H32Cl2N2O2/c1-25(2,3)19-7-9-20(10-8-19)31-16-13-28-24(30)18-11-14-29(15-12-18)17-21-22(26)5-4-6-23(21)27/h4-10,18H,11-17H2,1-3H3,(H,28,30). The van der Waals surface area contributed by atoms with Gasteiger partial charge in [-0.1, -0.05) is 62.2 Å². The number of likely N-dealkylation sites (tertiary alicyclic amines) is 1. The van der Waals surface area contributed by atoms with Crippen molar-refractivity contribution in [2.75, 3.05) is 26.2 Å². The van der Waals surface area contributed by atoms with Crippen LogP contribution in [-0.4, -0.2) is 37.0 Å². The van der Waals surface area contributed by atoms with E-state index in [1.807, 2.05) is 30.3 Å². The van der Waals surface area contributed by atoms with Crippen molar-refractivity contribution in [2.45, 2.75) is 45.6 Å². The fourth-order valence-corrected chi connectivity index (χ4v) is 4.32. The van der Waals surface area contributed by atoms with E-state index in [-0.39, 0.29) is 17.2 Å².